The fourth-order valence-corrected chi connectivity index (χ4v) is 1.94. The van der Waals surface area contributed by atoms with E-state index in [2.05, 4.69) is 47.6 Å². The first-order valence-electron chi connectivity index (χ1n) is 5.81. The predicted molar refractivity (Wildman–Crippen MR) is 72.1 cm³/mol. The molecule has 0 aliphatic carbocycles. The molecule has 0 aromatic heterocycles. The van der Waals surface area contributed by atoms with Gasteiger partial charge in [-0.05, 0) is 22.5 Å². The summed E-state index contributed by atoms with van der Waals surface area (Å²) >= 11 is 0. The maximum Gasteiger partial charge on any atom is 0.395 e. The van der Waals surface area contributed by atoms with Crippen LogP contribution in [0.2, 0.25) is 0 Å². The van der Waals surface area contributed by atoms with Gasteiger partial charge < -0.3 is 4.52 Å². The van der Waals surface area contributed by atoms with Crippen LogP contribution in [0.3, 0.4) is 0 Å². The SMILES string of the molecule is CC(C)(C)c1ccc(OP=O)c(C(C)(C)C)c1. The van der Waals surface area contributed by atoms with Crippen LogP contribution >= 0.6 is 8.69 Å². The molecule has 0 bridgehead atoms. The van der Waals surface area contributed by atoms with Gasteiger partial charge in [-0.25, -0.2) is 4.57 Å². The minimum Gasteiger partial charge on any atom is -0.407 e. The first kappa shape index (κ1) is 14.2. The molecular weight excluding hydrogens is 231 g/mol. The van der Waals surface area contributed by atoms with E-state index in [9.17, 15) is 4.57 Å². The van der Waals surface area contributed by atoms with Crippen molar-refractivity contribution in [1.82, 2.24) is 0 Å². The van der Waals surface area contributed by atoms with Crippen LogP contribution in [0.4, 0.5) is 0 Å². The third kappa shape index (κ3) is 3.54. The van der Waals surface area contributed by atoms with Crippen LogP contribution in [-0.2, 0) is 15.4 Å². The second-order valence-electron chi connectivity index (χ2n) is 6.38. The van der Waals surface area contributed by atoms with Crippen LogP contribution in [0.25, 0.3) is 0 Å². The molecule has 1 rings (SSSR count). The van der Waals surface area contributed by atoms with Gasteiger partial charge in [-0.3, -0.25) is 0 Å². The molecule has 0 spiro atoms. The Morgan fingerprint density at radius 2 is 1.59 bits per heavy atom. The van der Waals surface area contributed by atoms with Gasteiger partial charge in [0.2, 0.25) is 0 Å². The molecule has 0 radical (unpaired) electrons. The molecule has 0 fully saturated rings. The van der Waals surface area contributed by atoms with Crippen LogP contribution in [0.15, 0.2) is 18.2 Å². The molecule has 0 N–H and O–H groups in total. The highest BCUT2D eigenvalue weighted by atomic mass is 31.1. The van der Waals surface area contributed by atoms with E-state index in [0.29, 0.717) is 5.75 Å². The number of benzene rings is 1. The summed E-state index contributed by atoms with van der Waals surface area (Å²) in [4.78, 5) is 0. The van der Waals surface area contributed by atoms with Gasteiger partial charge in [0.25, 0.3) is 0 Å². The molecule has 0 atom stereocenters. The Bertz CT molecular complexity index is 411. The third-order valence-corrected chi connectivity index (χ3v) is 3.06. The van der Waals surface area contributed by atoms with Gasteiger partial charge in [0.1, 0.15) is 5.75 Å². The van der Waals surface area contributed by atoms with E-state index in [-0.39, 0.29) is 19.5 Å². The molecule has 3 heteroatoms. The lowest BCUT2D eigenvalue weighted by Gasteiger charge is -2.26. The molecule has 0 aliphatic rings. The van der Waals surface area contributed by atoms with Crippen LogP contribution < -0.4 is 4.52 Å². The monoisotopic (exact) mass is 252 g/mol. The van der Waals surface area contributed by atoms with E-state index in [1.165, 1.54) is 5.56 Å². The van der Waals surface area contributed by atoms with Gasteiger partial charge in [-0.2, -0.15) is 0 Å². The number of hydrogen-bond acceptors (Lipinski definition) is 2. The van der Waals surface area contributed by atoms with E-state index in [0.717, 1.165) is 5.56 Å². The Labute approximate surface area is 106 Å². The Kier molecular flexibility index (Phi) is 3.99. The Morgan fingerprint density at radius 3 is 2.00 bits per heavy atom. The molecular formula is C14H21O2P. The summed E-state index contributed by atoms with van der Waals surface area (Å²) in [7, 11) is -0.304. The Hall–Kier alpha value is -0.880. The number of rotatable bonds is 2. The second-order valence-corrected chi connectivity index (χ2v) is 6.71. The largest absolute Gasteiger partial charge is 0.407 e. The lowest BCUT2D eigenvalue weighted by atomic mass is 9.80. The molecule has 0 heterocycles. The van der Waals surface area contributed by atoms with Gasteiger partial charge in [0.05, 0.1) is 0 Å². The summed E-state index contributed by atoms with van der Waals surface area (Å²) in [6.07, 6.45) is 0. The lowest BCUT2D eigenvalue weighted by molar-refractivity contribution is 0.500. The molecule has 1 aromatic rings. The van der Waals surface area contributed by atoms with Gasteiger partial charge in [0, 0.05) is 5.56 Å². The summed E-state index contributed by atoms with van der Waals surface area (Å²) in [6, 6.07) is 6.10. The van der Waals surface area contributed by atoms with E-state index in [1.807, 2.05) is 12.1 Å². The van der Waals surface area contributed by atoms with E-state index >= 15 is 0 Å². The highest BCUT2D eigenvalue weighted by molar-refractivity contribution is 7.17. The quantitative estimate of drug-likeness (QED) is 0.702. The van der Waals surface area contributed by atoms with Gasteiger partial charge in [-0.1, -0.05) is 53.7 Å². The molecule has 0 unspecified atom stereocenters. The van der Waals surface area contributed by atoms with Crippen molar-refractivity contribution in [2.45, 2.75) is 52.4 Å². The van der Waals surface area contributed by atoms with E-state index < -0.39 is 0 Å². The van der Waals surface area contributed by atoms with Crippen LogP contribution in [0, 0.1) is 0 Å². The van der Waals surface area contributed by atoms with Crippen molar-refractivity contribution in [2.24, 2.45) is 0 Å². The van der Waals surface area contributed by atoms with Crippen molar-refractivity contribution in [3.8, 4) is 5.75 Å². The summed E-state index contributed by atoms with van der Waals surface area (Å²) < 4.78 is 15.8. The van der Waals surface area contributed by atoms with E-state index in [4.69, 9.17) is 4.52 Å². The zero-order chi connectivity index (χ0) is 13.3. The highest BCUT2D eigenvalue weighted by Crippen LogP contribution is 2.36. The van der Waals surface area contributed by atoms with Gasteiger partial charge in [-0.15, -0.1) is 0 Å². The van der Waals surface area contributed by atoms with Crippen molar-refractivity contribution in [3.05, 3.63) is 29.3 Å². The molecule has 0 saturated carbocycles. The molecule has 0 aliphatic heterocycles. The van der Waals surface area contributed by atoms with Crippen molar-refractivity contribution >= 4 is 8.69 Å². The van der Waals surface area contributed by atoms with Crippen molar-refractivity contribution < 1.29 is 9.09 Å². The Balaban J connectivity index is 3.34. The normalized spacial score (nSPS) is 12.8. The van der Waals surface area contributed by atoms with Gasteiger partial charge in [0.15, 0.2) is 0 Å². The minimum absolute atomic E-state index is 0.0265. The zero-order valence-electron chi connectivity index (χ0n) is 11.5. The van der Waals surface area contributed by atoms with Crippen LogP contribution in [0.5, 0.6) is 5.75 Å². The summed E-state index contributed by atoms with van der Waals surface area (Å²) in [5.74, 6) is 0.696. The van der Waals surface area contributed by atoms with Crippen LogP contribution in [0.1, 0.15) is 52.7 Å². The first-order valence-corrected chi connectivity index (χ1v) is 6.54. The van der Waals surface area contributed by atoms with Crippen molar-refractivity contribution in [3.63, 3.8) is 0 Å². The van der Waals surface area contributed by atoms with Crippen molar-refractivity contribution in [2.75, 3.05) is 0 Å². The third-order valence-electron chi connectivity index (χ3n) is 2.79. The zero-order valence-corrected chi connectivity index (χ0v) is 12.4. The Morgan fingerprint density at radius 1 is 1.00 bits per heavy atom. The average Bonchev–Trinajstić information content (AvgIpc) is 2.15. The van der Waals surface area contributed by atoms with E-state index in [1.54, 1.807) is 0 Å². The summed E-state index contributed by atoms with van der Waals surface area (Å²) in [6.45, 7) is 12.9. The minimum atomic E-state index is -0.304. The average molecular weight is 252 g/mol. The highest BCUT2D eigenvalue weighted by Gasteiger charge is 2.23. The van der Waals surface area contributed by atoms with Crippen LogP contribution in [-0.4, -0.2) is 0 Å². The molecule has 2 nitrogen and oxygen atoms in total. The fraction of sp³-hybridized carbons (Fsp3) is 0.571. The molecule has 1 aromatic carbocycles. The maximum atomic E-state index is 10.6. The number of hydrogen-bond donors (Lipinski definition) is 0. The molecule has 0 saturated heterocycles. The summed E-state index contributed by atoms with van der Waals surface area (Å²) in [5.41, 5.74) is 2.43. The maximum absolute atomic E-state index is 10.6. The fourth-order valence-electron chi connectivity index (χ4n) is 1.70. The molecule has 0 amide bonds. The molecule has 17 heavy (non-hydrogen) atoms. The van der Waals surface area contributed by atoms with Crippen molar-refractivity contribution in [1.29, 1.82) is 0 Å². The second kappa shape index (κ2) is 4.78. The van der Waals surface area contributed by atoms with Gasteiger partial charge >= 0.3 is 8.69 Å². The first-order chi connectivity index (χ1) is 7.66. The standard InChI is InChI=1S/C14H21O2P/c1-13(2,3)10-7-8-12(16-17-15)11(9-10)14(4,5)6/h7-9H,1-6H3. The smallest absolute Gasteiger partial charge is 0.395 e. The summed E-state index contributed by atoms with van der Waals surface area (Å²) in [5, 5.41) is 0. The predicted octanol–water partition coefficient (Wildman–Crippen LogP) is 4.87. The topological polar surface area (TPSA) is 26.3 Å². The lowest BCUT2D eigenvalue weighted by Crippen LogP contribution is -2.16. The molecule has 94 valence electrons.